The van der Waals surface area contributed by atoms with Crippen molar-refractivity contribution in [1.82, 2.24) is 14.5 Å². The number of ether oxygens (including phenoxy) is 1. The van der Waals surface area contributed by atoms with E-state index in [2.05, 4.69) is 26.7 Å². The second kappa shape index (κ2) is 4.98. The molecule has 0 amide bonds. The lowest BCUT2D eigenvalue weighted by atomic mass is 10.1. The number of aromatic nitrogens is 3. The van der Waals surface area contributed by atoms with Crippen molar-refractivity contribution in [2.75, 3.05) is 6.61 Å². The highest BCUT2D eigenvalue weighted by molar-refractivity contribution is 6.34. The van der Waals surface area contributed by atoms with Crippen LogP contribution in [0.15, 0.2) is 30.5 Å². The van der Waals surface area contributed by atoms with E-state index in [1.165, 1.54) is 6.20 Å². The van der Waals surface area contributed by atoms with E-state index >= 15 is 0 Å². The molecule has 0 atom stereocenters. The Hall–Kier alpha value is -1.62. The average molecular weight is 320 g/mol. The Balaban J connectivity index is 2.10. The molecule has 21 heavy (non-hydrogen) atoms. The molecule has 1 aliphatic rings. The van der Waals surface area contributed by atoms with Crippen molar-refractivity contribution in [2.45, 2.75) is 13.2 Å². The SMILES string of the molecule is Clc1ncc(Cl)c(-c2c3n(c4ccccc24)CCOC3)n1. The maximum absolute atomic E-state index is 6.30. The third kappa shape index (κ3) is 2.02. The van der Waals surface area contributed by atoms with E-state index in [0.29, 0.717) is 23.9 Å². The van der Waals surface area contributed by atoms with Crippen LogP contribution in [-0.4, -0.2) is 21.1 Å². The van der Waals surface area contributed by atoms with Gasteiger partial charge in [0, 0.05) is 23.0 Å². The number of benzene rings is 1. The molecule has 0 spiro atoms. The van der Waals surface area contributed by atoms with Gasteiger partial charge in [0.15, 0.2) is 0 Å². The lowest BCUT2D eigenvalue weighted by Gasteiger charge is -2.18. The summed E-state index contributed by atoms with van der Waals surface area (Å²) in [5.74, 6) is 0. The highest BCUT2D eigenvalue weighted by Crippen LogP contribution is 2.38. The van der Waals surface area contributed by atoms with Crippen LogP contribution in [0.4, 0.5) is 0 Å². The fourth-order valence-electron chi connectivity index (χ4n) is 2.87. The second-order valence-electron chi connectivity index (χ2n) is 4.88. The fraction of sp³-hybridized carbons (Fsp3) is 0.200. The molecule has 0 bridgehead atoms. The quantitative estimate of drug-likeness (QED) is 0.638. The molecule has 0 saturated heterocycles. The molecule has 2 aromatic heterocycles. The summed E-state index contributed by atoms with van der Waals surface area (Å²) in [5, 5.41) is 1.79. The second-order valence-corrected chi connectivity index (χ2v) is 5.62. The van der Waals surface area contributed by atoms with Gasteiger partial charge in [-0.05, 0) is 17.7 Å². The Morgan fingerprint density at radius 2 is 2.05 bits per heavy atom. The van der Waals surface area contributed by atoms with Crippen molar-refractivity contribution in [3.8, 4) is 11.3 Å². The highest BCUT2D eigenvalue weighted by atomic mass is 35.5. The van der Waals surface area contributed by atoms with Gasteiger partial charge in [-0.1, -0.05) is 29.8 Å². The maximum Gasteiger partial charge on any atom is 0.222 e. The molecular weight excluding hydrogens is 309 g/mol. The summed E-state index contributed by atoms with van der Waals surface area (Å²) in [6.45, 7) is 2.08. The number of fused-ring (bicyclic) bond motifs is 3. The van der Waals surface area contributed by atoms with Gasteiger partial charge in [-0.15, -0.1) is 0 Å². The summed E-state index contributed by atoms with van der Waals surface area (Å²) in [4.78, 5) is 8.25. The predicted octanol–water partition coefficient (Wildman–Crippen LogP) is 3.94. The number of nitrogens with zero attached hydrogens (tertiary/aromatic N) is 3. The first kappa shape index (κ1) is 13.1. The van der Waals surface area contributed by atoms with Crippen LogP contribution in [0.3, 0.4) is 0 Å². The maximum atomic E-state index is 6.30. The van der Waals surface area contributed by atoms with Crippen molar-refractivity contribution in [3.63, 3.8) is 0 Å². The van der Waals surface area contributed by atoms with E-state index in [9.17, 15) is 0 Å². The molecule has 6 heteroatoms. The summed E-state index contributed by atoms with van der Waals surface area (Å²) in [6.07, 6.45) is 1.54. The zero-order valence-corrected chi connectivity index (χ0v) is 12.5. The van der Waals surface area contributed by atoms with Crippen molar-refractivity contribution in [1.29, 1.82) is 0 Å². The van der Waals surface area contributed by atoms with Gasteiger partial charge < -0.3 is 9.30 Å². The van der Waals surface area contributed by atoms with Gasteiger partial charge in [-0.2, -0.15) is 0 Å². The molecule has 3 aromatic rings. The van der Waals surface area contributed by atoms with E-state index in [1.807, 2.05) is 12.1 Å². The van der Waals surface area contributed by atoms with Gasteiger partial charge in [0.05, 0.1) is 35.8 Å². The molecule has 0 fully saturated rings. The molecule has 1 aromatic carbocycles. The van der Waals surface area contributed by atoms with Crippen LogP contribution >= 0.6 is 23.2 Å². The van der Waals surface area contributed by atoms with Crippen LogP contribution in [0.2, 0.25) is 10.3 Å². The largest absolute Gasteiger partial charge is 0.373 e. The Labute approximate surface area is 131 Å². The summed E-state index contributed by atoms with van der Waals surface area (Å²) in [5.41, 5.74) is 3.89. The minimum absolute atomic E-state index is 0.190. The predicted molar refractivity (Wildman–Crippen MR) is 82.6 cm³/mol. The Morgan fingerprint density at radius 1 is 1.19 bits per heavy atom. The molecular formula is C15H11Cl2N3O. The summed E-state index contributed by atoms with van der Waals surface area (Å²) >= 11 is 12.2. The van der Waals surface area contributed by atoms with E-state index in [4.69, 9.17) is 27.9 Å². The number of para-hydroxylation sites is 1. The molecule has 0 unspecified atom stereocenters. The molecule has 4 rings (SSSR count). The van der Waals surface area contributed by atoms with E-state index in [1.54, 1.807) is 0 Å². The van der Waals surface area contributed by atoms with E-state index in [-0.39, 0.29) is 5.28 Å². The fourth-order valence-corrected chi connectivity index (χ4v) is 3.19. The summed E-state index contributed by atoms with van der Waals surface area (Å²) in [7, 11) is 0. The van der Waals surface area contributed by atoms with Gasteiger partial charge in [0.25, 0.3) is 0 Å². The number of rotatable bonds is 1. The molecule has 4 nitrogen and oxygen atoms in total. The van der Waals surface area contributed by atoms with Crippen LogP contribution in [0.1, 0.15) is 5.69 Å². The van der Waals surface area contributed by atoms with Crippen molar-refractivity contribution < 1.29 is 4.74 Å². The Kier molecular flexibility index (Phi) is 3.10. The monoisotopic (exact) mass is 319 g/mol. The van der Waals surface area contributed by atoms with E-state index < -0.39 is 0 Å². The van der Waals surface area contributed by atoms with Crippen LogP contribution < -0.4 is 0 Å². The van der Waals surface area contributed by atoms with Crippen molar-refractivity contribution in [3.05, 3.63) is 46.5 Å². The molecule has 0 N–H and O–H groups in total. The topological polar surface area (TPSA) is 39.9 Å². The normalized spacial score (nSPS) is 14.4. The Morgan fingerprint density at radius 3 is 2.95 bits per heavy atom. The summed E-state index contributed by atoms with van der Waals surface area (Å²) in [6, 6.07) is 8.21. The van der Waals surface area contributed by atoms with Gasteiger partial charge in [-0.25, -0.2) is 9.97 Å². The van der Waals surface area contributed by atoms with Crippen LogP contribution in [0.5, 0.6) is 0 Å². The molecule has 0 aliphatic carbocycles. The number of hydrogen-bond acceptors (Lipinski definition) is 3. The van der Waals surface area contributed by atoms with Gasteiger partial charge in [0.2, 0.25) is 5.28 Å². The molecule has 1 aliphatic heterocycles. The standard InChI is InChI=1S/C15H11Cl2N3O/c16-10-7-18-15(17)19-14(10)13-9-3-1-2-4-11(9)20-5-6-21-8-12(13)20/h1-4,7H,5-6,8H2. The molecule has 106 valence electrons. The minimum Gasteiger partial charge on any atom is -0.373 e. The number of hydrogen-bond donors (Lipinski definition) is 0. The van der Waals surface area contributed by atoms with Crippen molar-refractivity contribution in [2.24, 2.45) is 0 Å². The van der Waals surface area contributed by atoms with Gasteiger partial charge in [0.1, 0.15) is 0 Å². The smallest absolute Gasteiger partial charge is 0.222 e. The lowest BCUT2D eigenvalue weighted by Crippen LogP contribution is -2.16. The minimum atomic E-state index is 0.190. The number of halogens is 2. The first-order valence-electron chi connectivity index (χ1n) is 6.62. The van der Waals surface area contributed by atoms with E-state index in [0.717, 1.165) is 28.7 Å². The third-order valence-corrected chi connectivity index (χ3v) is 4.19. The van der Waals surface area contributed by atoms with Gasteiger partial charge in [-0.3, -0.25) is 0 Å². The molecule has 0 radical (unpaired) electrons. The zero-order chi connectivity index (χ0) is 14.4. The Bertz CT molecular complexity index is 844. The van der Waals surface area contributed by atoms with Crippen LogP contribution in [0.25, 0.3) is 22.2 Å². The van der Waals surface area contributed by atoms with Gasteiger partial charge >= 0.3 is 0 Å². The summed E-state index contributed by atoms with van der Waals surface area (Å²) < 4.78 is 7.88. The molecule has 3 heterocycles. The first-order chi connectivity index (χ1) is 10.3. The van der Waals surface area contributed by atoms with Crippen LogP contribution in [0, 0.1) is 0 Å². The first-order valence-corrected chi connectivity index (χ1v) is 7.37. The highest BCUT2D eigenvalue weighted by Gasteiger charge is 2.23. The zero-order valence-electron chi connectivity index (χ0n) is 11.0. The van der Waals surface area contributed by atoms with Crippen molar-refractivity contribution >= 4 is 34.1 Å². The lowest BCUT2D eigenvalue weighted by molar-refractivity contribution is 0.0869. The van der Waals surface area contributed by atoms with Crippen LogP contribution in [-0.2, 0) is 17.9 Å². The average Bonchev–Trinajstić information content (AvgIpc) is 2.84. The third-order valence-electron chi connectivity index (χ3n) is 3.73. The molecule has 0 saturated carbocycles.